The average Bonchev–Trinajstić information content (AvgIpc) is 2.89. The number of hydrogen-bond donors (Lipinski definition) is 1. The van der Waals surface area contributed by atoms with E-state index in [4.69, 9.17) is 16.3 Å². The number of rotatable bonds is 3. The maximum Gasteiger partial charge on any atom is 0.127 e. The third kappa shape index (κ3) is 2.58. The SMILES string of the molecule is CNC(c1ccc(Br)cc1)c1cc(Cl)cc2c1OCC2. The van der Waals surface area contributed by atoms with Gasteiger partial charge in [-0.05, 0) is 42.4 Å². The van der Waals surface area contributed by atoms with Gasteiger partial charge in [0.15, 0.2) is 0 Å². The van der Waals surface area contributed by atoms with E-state index < -0.39 is 0 Å². The second-order valence-corrected chi connectivity index (χ2v) is 6.21. The van der Waals surface area contributed by atoms with Gasteiger partial charge in [-0.15, -0.1) is 0 Å². The minimum Gasteiger partial charge on any atom is -0.493 e. The van der Waals surface area contributed by atoms with Crippen LogP contribution in [-0.4, -0.2) is 13.7 Å². The third-order valence-electron chi connectivity index (χ3n) is 3.58. The van der Waals surface area contributed by atoms with Gasteiger partial charge in [0.05, 0.1) is 12.6 Å². The molecule has 1 atom stereocenters. The summed E-state index contributed by atoms with van der Waals surface area (Å²) in [4.78, 5) is 0. The molecule has 2 aromatic carbocycles. The predicted octanol–water partition coefficient (Wildman–Crippen LogP) is 4.35. The highest BCUT2D eigenvalue weighted by atomic mass is 79.9. The molecule has 0 bridgehead atoms. The topological polar surface area (TPSA) is 21.3 Å². The molecule has 2 nitrogen and oxygen atoms in total. The van der Waals surface area contributed by atoms with Crippen molar-refractivity contribution in [3.63, 3.8) is 0 Å². The number of fused-ring (bicyclic) bond motifs is 1. The molecule has 0 saturated carbocycles. The molecular weight excluding hydrogens is 338 g/mol. The number of nitrogens with one attached hydrogen (secondary N) is 1. The molecule has 20 heavy (non-hydrogen) atoms. The van der Waals surface area contributed by atoms with E-state index in [2.05, 4.69) is 33.4 Å². The van der Waals surface area contributed by atoms with Gasteiger partial charge in [0.1, 0.15) is 5.75 Å². The van der Waals surface area contributed by atoms with E-state index in [-0.39, 0.29) is 6.04 Å². The van der Waals surface area contributed by atoms with E-state index in [1.54, 1.807) is 0 Å². The summed E-state index contributed by atoms with van der Waals surface area (Å²) < 4.78 is 6.88. The van der Waals surface area contributed by atoms with Crippen LogP contribution in [0.3, 0.4) is 0 Å². The molecular formula is C16H15BrClNO. The van der Waals surface area contributed by atoms with Crippen LogP contribution in [0.4, 0.5) is 0 Å². The Balaban J connectivity index is 2.08. The molecule has 0 amide bonds. The Kier molecular flexibility index (Phi) is 4.01. The van der Waals surface area contributed by atoms with Crippen molar-refractivity contribution in [3.05, 3.63) is 62.6 Å². The van der Waals surface area contributed by atoms with Crippen molar-refractivity contribution in [2.24, 2.45) is 0 Å². The molecule has 0 fully saturated rings. The fourth-order valence-corrected chi connectivity index (χ4v) is 3.18. The molecule has 0 saturated heterocycles. The van der Waals surface area contributed by atoms with Crippen molar-refractivity contribution in [1.82, 2.24) is 5.32 Å². The highest BCUT2D eigenvalue weighted by Gasteiger charge is 2.23. The molecule has 104 valence electrons. The Labute approximate surface area is 132 Å². The van der Waals surface area contributed by atoms with Crippen molar-refractivity contribution in [2.75, 3.05) is 13.7 Å². The Morgan fingerprint density at radius 2 is 2.00 bits per heavy atom. The zero-order valence-electron chi connectivity index (χ0n) is 11.1. The van der Waals surface area contributed by atoms with Crippen LogP contribution in [0.5, 0.6) is 5.75 Å². The Hall–Kier alpha value is -1.03. The van der Waals surface area contributed by atoms with Crippen molar-refractivity contribution >= 4 is 27.5 Å². The summed E-state index contributed by atoms with van der Waals surface area (Å²) in [7, 11) is 1.95. The van der Waals surface area contributed by atoms with Crippen LogP contribution in [-0.2, 0) is 6.42 Å². The van der Waals surface area contributed by atoms with E-state index in [0.717, 1.165) is 33.8 Å². The molecule has 1 unspecified atom stereocenters. The Bertz CT molecular complexity index is 627. The summed E-state index contributed by atoms with van der Waals surface area (Å²) >= 11 is 9.72. The number of ether oxygens (including phenoxy) is 1. The lowest BCUT2D eigenvalue weighted by Crippen LogP contribution is -2.18. The molecule has 1 heterocycles. The Morgan fingerprint density at radius 1 is 1.25 bits per heavy atom. The monoisotopic (exact) mass is 351 g/mol. The molecule has 0 radical (unpaired) electrons. The van der Waals surface area contributed by atoms with Gasteiger partial charge in [-0.1, -0.05) is 39.7 Å². The van der Waals surface area contributed by atoms with Crippen molar-refractivity contribution in [3.8, 4) is 5.75 Å². The van der Waals surface area contributed by atoms with Gasteiger partial charge >= 0.3 is 0 Å². The van der Waals surface area contributed by atoms with Gasteiger partial charge in [-0.3, -0.25) is 0 Å². The molecule has 1 N–H and O–H groups in total. The molecule has 4 heteroatoms. The standard InChI is InChI=1S/C16H15BrClNO/c1-19-15(10-2-4-12(17)5-3-10)14-9-13(18)8-11-6-7-20-16(11)14/h2-5,8-9,15,19H,6-7H2,1H3. The molecule has 2 aromatic rings. The highest BCUT2D eigenvalue weighted by Crippen LogP contribution is 2.38. The third-order valence-corrected chi connectivity index (χ3v) is 4.33. The maximum atomic E-state index is 6.25. The predicted molar refractivity (Wildman–Crippen MR) is 85.7 cm³/mol. The first kappa shape index (κ1) is 13.9. The fourth-order valence-electron chi connectivity index (χ4n) is 2.67. The molecule has 0 spiro atoms. The lowest BCUT2D eigenvalue weighted by molar-refractivity contribution is 0.351. The van der Waals surface area contributed by atoms with Gasteiger partial charge in [0, 0.05) is 21.5 Å². The van der Waals surface area contributed by atoms with Gasteiger partial charge in [-0.2, -0.15) is 0 Å². The van der Waals surface area contributed by atoms with Crippen LogP contribution in [0.15, 0.2) is 40.9 Å². The number of halogens is 2. The van der Waals surface area contributed by atoms with Gasteiger partial charge in [0.2, 0.25) is 0 Å². The smallest absolute Gasteiger partial charge is 0.127 e. The van der Waals surface area contributed by atoms with E-state index >= 15 is 0 Å². The van der Waals surface area contributed by atoms with Gasteiger partial charge < -0.3 is 10.1 Å². The summed E-state index contributed by atoms with van der Waals surface area (Å²) in [6, 6.07) is 12.4. The summed E-state index contributed by atoms with van der Waals surface area (Å²) in [5.74, 6) is 0.983. The van der Waals surface area contributed by atoms with Crippen molar-refractivity contribution in [2.45, 2.75) is 12.5 Å². The second-order valence-electron chi connectivity index (χ2n) is 4.85. The van der Waals surface area contributed by atoms with Crippen LogP contribution in [0, 0.1) is 0 Å². The summed E-state index contributed by atoms with van der Waals surface area (Å²) in [6.45, 7) is 0.736. The van der Waals surface area contributed by atoms with E-state index in [1.807, 2.05) is 31.3 Å². The molecule has 1 aliphatic rings. The van der Waals surface area contributed by atoms with Gasteiger partial charge in [-0.25, -0.2) is 0 Å². The van der Waals surface area contributed by atoms with Crippen molar-refractivity contribution < 1.29 is 4.74 Å². The lowest BCUT2D eigenvalue weighted by atomic mass is 9.96. The summed E-state index contributed by atoms with van der Waals surface area (Å²) in [6.07, 6.45) is 0.930. The van der Waals surface area contributed by atoms with Crippen LogP contribution in [0.25, 0.3) is 0 Å². The largest absolute Gasteiger partial charge is 0.493 e. The maximum absolute atomic E-state index is 6.25. The minimum atomic E-state index is 0.0775. The number of hydrogen-bond acceptors (Lipinski definition) is 2. The summed E-state index contributed by atoms with van der Waals surface area (Å²) in [5, 5.41) is 4.12. The fraction of sp³-hybridized carbons (Fsp3) is 0.250. The Morgan fingerprint density at radius 3 is 2.70 bits per heavy atom. The minimum absolute atomic E-state index is 0.0775. The van der Waals surface area contributed by atoms with Crippen LogP contribution in [0.1, 0.15) is 22.7 Å². The first-order valence-corrected chi connectivity index (χ1v) is 7.74. The first-order chi connectivity index (χ1) is 9.69. The zero-order chi connectivity index (χ0) is 14.1. The molecule has 3 rings (SSSR count). The van der Waals surface area contributed by atoms with Crippen LogP contribution >= 0.6 is 27.5 Å². The molecule has 0 aromatic heterocycles. The van der Waals surface area contributed by atoms with Gasteiger partial charge in [0.25, 0.3) is 0 Å². The highest BCUT2D eigenvalue weighted by molar-refractivity contribution is 9.10. The molecule has 1 aliphatic heterocycles. The molecule has 0 aliphatic carbocycles. The number of benzene rings is 2. The normalized spacial score (nSPS) is 14.8. The average molecular weight is 353 g/mol. The first-order valence-electron chi connectivity index (χ1n) is 6.57. The van der Waals surface area contributed by atoms with Crippen LogP contribution < -0.4 is 10.1 Å². The van der Waals surface area contributed by atoms with E-state index in [0.29, 0.717) is 0 Å². The quantitative estimate of drug-likeness (QED) is 0.887. The summed E-state index contributed by atoms with van der Waals surface area (Å²) in [5.41, 5.74) is 3.50. The van der Waals surface area contributed by atoms with Crippen molar-refractivity contribution in [1.29, 1.82) is 0 Å². The van der Waals surface area contributed by atoms with Crippen LogP contribution in [0.2, 0.25) is 5.02 Å². The van der Waals surface area contributed by atoms with E-state index in [9.17, 15) is 0 Å². The zero-order valence-corrected chi connectivity index (χ0v) is 13.5. The lowest BCUT2D eigenvalue weighted by Gasteiger charge is -2.20. The second kappa shape index (κ2) is 5.76. The van der Waals surface area contributed by atoms with E-state index in [1.165, 1.54) is 11.1 Å².